The van der Waals surface area contributed by atoms with Crippen LogP contribution < -0.4 is 5.32 Å². The summed E-state index contributed by atoms with van der Waals surface area (Å²) in [5.41, 5.74) is 5.44. The maximum Gasteiger partial charge on any atom is 0.305 e. The van der Waals surface area contributed by atoms with E-state index >= 15 is 0 Å². The lowest BCUT2D eigenvalue weighted by Gasteiger charge is -2.15. The molecule has 0 saturated heterocycles. The molecule has 0 spiro atoms. The van der Waals surface area contributed by atoms with Crippen LogP contribution in [0.3, 0.4) is 0 Å². The third-order valence-corrected chi connectivity index (χ3v) is 6.25. The number of nitrogens with zero attached hydrogens (tertiary/aromatic N) is 2. The van der Waals surface area contributed by atoms with Crippen molar-refractivity contribution in [2.75, 3.05) is 33.1 Å². The van der Waals surface area contributed by atoms with Crippen LogP contribution in [0.4, 0.5) is 15.8 Å². The first kappa shape index (κ1) is 25.3. The fraction of sp³-hybridized carbons (Fsp3) is 0.276. The SMILES string of the molecule is COC(=O)CCc1ccc(C(=Nc2ccc(CCN(C)C)cc2)C2C(=O)Nc3cc(F)ccc32)cc1. The fourth-order valence-electron chi connectivity index (χ4n) is 4.22. The zero-order valence-electron chi connectivity index (χ0n) is 20.8. The van der Waals surface area contributed by atoms with Gasteiger partial charge in [0.1, 0.15) is 11.7 Å². The quantitative estimate of drug-likeness (QED) is 0.345. The van der Waals surface area contributed by atoms with Gasteiger partial charge in [0.2, 0.25) is 5.91 Å². The molecule has 0 aromatic heterocycles. The van der Waals surface area contributed by atoms with Crippen molar-refractivity contribution >= 4 is 29.0 Å². The molecule has 0 radical (unpaired) electrons. The van der Waals surface area contributed by atoms with Crippen molar-refractivity contribution in [3.63, 3.8) is 0 Å². The third-order valence-electron chi connectivity index (χ3n) is 6.25. The maximum absolute atomic E-state index is 13.8. The molecule has 0 saturated carbocycles. The van der Waals surface area contributed by atoms with Crippen molar-refractivity contribution in [2.45, 2.75) is 25.2 Å². The minimum atomic E-state index is -0.671. The normalized spacial score (nSPS) is 15.1. The van der Waals surface area contributed by atoms with Gasteiger partial charge in [0.05, 0.1) is 18.5 Å². The molecular weight excluding hydrogens is 457 g/mol. The largest absolute Gasteiger partial charge is 0.469 e. The fourth-order valence-corrected chi connectivity index (χ4v) is 4.22. The highest BCUT2D eigenvalue weighted by Crippen LogP contribution is 2.36. The molecule has 0 aliphatic carbocycles. The number of likely N-dealkylation sites (N-methyl/N-ethyl adjacent to an activating group) is 1. The number of fused-ring (bicyclic) bond motifs is 1. The van der Waals surface area contributed by atoms with E-state index in [9.17, 15) is 14.0 Å². The van der Waals surface area contributed by atoms with E-state index in [1.807, 2.05) is 62.6 Å². The van der Waals surface area contributed by atoms with Gasteiger partial charge in [-0.15, -0.1) is 0 Å². The molecule has 0 fully saturated rings. The first-order valence-electron chi connectivity index (χ1n) is 11.9. The molecule has 0 bridgehead atoms. The van der Waals surface area contributed by atoms with Gasteiger partial charge in [-0.25, -0.2) is 4.39 Å². The topological polar surface area (TPSA) is 71.0 Å². The predicted octanol–water partition coefficient (Wildman–Crippen LogP) is 4.89. The average Bonchev–Trinajstić information content (AvgIpc) is 3.20. The number of nitrogens with one attached hydrogen (secondary N) is 1. The summed E-state index contributed by atoms with van der Waals surface area (Å²) in [4.78, 5) is 31.6. The van der Waals surface area contributed by atoms with Crippen molar-refractivity contribution < 1.29 is 18.7 Å². The highest BCUT2D eigenvalue weighted by Gasteiger charge is 2.35. The molecule has 7 heteroatoms. The minimum absolute atomic E-state index is 0.244. The number of amides is 1. The van der Waals surface area contributed by atoms with E-state index in [-0.39, 0.29) is 11.9 Å². The highest BCUT2D eigenvalue weighted by molar-refractivity contribution is 6.24. The Morgan fingerprint density at radius 3 is 2.33 bits per heavy atom. The molecule has 4 rings (SSSR count). The van der Waals surface area contributed by atoms with E-state index in [4.69, 9.17) is 9.73 Å². The Kier molecular flexibility index (Phi) is 7.90. The van der Waals surface area contributed by atoms with E-state index in [2.05, 4.69) is 10.2 Å². The zero-order chi connectivity index (χ0) is 25.7. The van der Waals surface area contributed by atoms with Crippen LogP contribution in [0.15, 0.2) is 71.7 Å². The number of benzene rings is 3. The van der Waals surface area contributed by atoms with Crippen LogP contribution in [-0.4, -0.2) is 50.2 Å². The predicted molar refractivity (Wildman–Crippen MR) is 139 cm³/mol. The van der Waals surface area contributed by atoms with Gasteiger partial charge >= 0.3 is 5.97 Å². The number of methoxy groups -OCH3 is 1. The molecule has 186 valence electrons. The monoisotopic (exact) mass is 487 g/mol. The van der Waals surface area contributed by atoms with Crippen molar-refractivity contribution in [1.82, 2.24) is 4.90 Å². The molecule has 3 aromatic rings. The molecule has 36 heavy (non-hydrogen) atoms. The van der Waals surface area contributed by atoms with Crippen LogP contribution in [0, 0.1) is 5.82 Å². The summed E-state index contributed by atoms with van der Waals surface area (Å²) in [5, 5.41) is 2.80. The first-order valence-corrected chi connectivity index (χ1v) is 11.9. The van der Waals surface area contributed by atoms with E-state index in [0.717, 1.165) is 29.8 Å². The molecule has 3 aromatic carbocycles. The van der Waals surface area contributed by atoms with Crippen LogP contribution in [0.5, 0.6) is 0 Å². The molecule has 1 heterocycles. The first-order chi connectivity index (χ1) is 17.3. The van der Waals surface area contributed by atoms with Gasteiger partial charge in [0, 0.05) is 18.7 Å². The lowest BCUT2D eigenvalue weighted by molar-refractivity contribution is -0.140. The van der Waals surface area contributed by atoms with Crippen LogP contribution in [-0.2, 0) is 27.2 Å². The minimum Gasteiger partial charge on any atom is -0.469 e. The van der Waals surface area contributed by atoms with Crippen molar-refractivity contribution in [1.29, 1.82) is 0 Å². The van der Waals surface area contributed by atoms with Crippen molar-refractivity contribution in [3.8, 4) is 0 Å². The van der Waals surface area contributed by atoms with Gasteiger partial charge in [-0.05, 0) is 73.5 Å². The Labute approximate surface area is 210 Å². The zero-order valence-corrected chi connectivity index (χ0v) is 20.8. The Morgan fingerprint density at radius 2 is 1.67 bits per heavy atom. The summed E-state index contributed by atoms with van der Waals surface area (Å²) in [7, 11) is 5.46. The Balaban J connectivity index is 1.68. The molecule has 1 aliphatic rings. The number of esters is 1. The summed E-state index contributed by atoms with van der Waals surface area (Å²) in [6.07, 6.45) is 1.78. The summed E-state index contributed by atoms with van der Waals surface area (Å²) in [6, 6.07) is 20.0. The summed E-state index contributed by atoms with van der Waals surface area (Å²) < 4.78 is 18.5. The number of hydrogen-bond donors (Lipinski definition) is 1. The van der Waals surface area contributed by atoms with E-state index in [1.165, 1.54) is 24.8 Å². The van der Waals surface area contributed by atoms with Gasteiger partial charge in [-0.3, -0.25) is 14.6 Å². The number of halogens is 1. The van der Waals surface area contributed by atoms with Crippen LogP contribution in [0.2, 0.25) is 0 Å². The molecule has 1 aliphatic heterocycles. The lowest BCUT2D eigenvalue weighted by atomic mass is 9.90. The van der Waals surface area contributed by atoms with Gasteiger partial charge in [0.25, 0.3) is 0 Å². The van der Waals surface area contributed by atoms with Crippen LogP contribution >= 0.6 is 0 Å². The number of aliphatic imine (C=N–C) groups is 1. The second-order valence-electron chi connectivity index (χ2n) is 9.14. The second-order valence-corrected chi connectivity index (χ2v) is 9.14. The molecular formula is C29H30FN3O3. The number of hydrogen-bond acceptors (Lipinski definition) is 5. The summed E-state index contributed by atoms with van der Waals surface area (Å²) in [5.74, 6) is -1.58. The van der Waals surface area contributed by atoms with E-state index in [0.29, 0.717) is 29.8 Å². The molecule has 1 atom stereocenters. The molecule has 1 N–H and O–H groups in total. The number of anilines is 1. The van der Waals surface area contributed by atoms with Crippen LogP contribution in [0.1, 0.15) is 34.6 Å². The third kappa shape index (κ3) is 6.04. The number of aryl methyl sites for hydroxylation is 1. The van der Waals surface area contributed by atoms with Gasteiger partial charge in [0.15, 0.2) is 0 Å². The van der Waals surface area contributed by atoms with Gasteiger partial charge in [-0.1, -0.05) is 42.5 Å². The molecule has 1 amide bonds. The number of ether oxygens (including phenoxy) is 1. The number of carbonyl (C=O) groups excluding carboxylic acids is 2. The van der Waals surface area contributed by atoms with E-state index in [1.54, 1.807) is 6.07 Å². The maximum atomic E-state index is 13.8. The van der Waals surface area contributed by atoms with E-state index < -0.39 is 11.7 Å². The average molecular weight is 488 g/mol. The Hall–Kier alpha value is -3.84. The van der Waals surface area contributed by atoms with Crippen molar-refractivity contribution in [3.05, 3.63) is 94.8 Å². The second kappa shape index (κ2) is 11.3. The van der Waals surface area contributed by atoms with Gasteiger partial charge < -0.3 is 15.0 Å². The Morgan fingerprint density at radius 1 is 1.00 bits per heavy atom. The lowest BCUT2D eigenvalue weighted by Crippen LogP contribution is -2.22. The van der Waals surface area contributed by atoms with Crippen LogP contribution in [0.25, 0.3) is 0 Å². The summed E-state index contributed by atoms with van der Waals surface area (Å²) >= 11 is 0. The number of carbonyl (C=O) groups is 2. The molecule has 1 unspecified atom stereocenters. The highest BCUT2D eigenvalue weighted by atomic mass is 19.1. The summed E-state index contributed by atoms with van der Waals surface area (Å²) in [6.45, 7) is 0.950. The number of rotatable bonds is 9. The standard InChI is InChI=1S/C29H30FN3O3/c1-33(2)17-16-20-6-12-23(13-7-20)31-28(21-9-4-19(5-10-21)8-15-26(34)36-3)27-24-14-11-22(30)18-25(24)32-29(27)35/h4-7,9-14,18,27H,8,15-17H2,1-3H3,(H,32,35). The van der Waals surface area contributed by atoms with Crippen molar-refractivity contribution in [2.24, 2.45) is 4.99 Å². The molecule has 6 nitrogen and oxygen atoms in total. The van der Waals surface area contributed by atoms with Gasteiger partial charge in [-0.2, -0.15) is 0 Å². The smallest absolute Gasteiger partial charge is 0.305 e. The Bertz CT molecular complexity index is 1270.